The fraction of sp³-hybridized carbons (Fsp3) is 0.346. The van der Waals surface area contributed by atoms with Gasteiger partial charge in [-0.1, -0.05) is 42.5 Å². The number of aromatic nitrogens is 4. The van der Waals surface area contributed by atoms with Gasteiger partial charge in [-0.25, -0.2) is 14.5 Å². The number of imidazole rings is 1. The average Bonchev–Trinajstić information content (AvgIpc) is 3.17. The van der Waals surface area contributed by atoms with Gasteiger partial charge in [-0.05, 0) is 56.0 Å². The fourth-order valence-electron chi connectivity index (χ4n) is 4.94. The maximum absolute atomic E-state index is 6.31. The second-order valence-electron chi connectivity index (χ2n) is 9.21. The monoisotopic (exact) mass is 440 g/mol. The van der Waals surface area contributed by atoms with Crippen LogP contribution in [0.15, 0.2) is 60.9 Å². The summed E-state index contributed by atoms with van der Waals surface area (Å²) >= 11 is 0. The first kappa shape index (κ1) is 20.2. The maximum Gasteiger partial charge on any atom is 0.153 e. The fourth-order valence-corrected chi connectivity index (χ4v) is 4.94. The molecule has 1 saturated heterocycles. The summed E-state index contributed by atoms with van der Waals surface area (Å²) in [5.41, 5.74) is 10.00. The molecule has 0 unspecified atom stereocenters. The van der Waals surface area contributed by atoms with Gasteiger partial charge >= 0.3 is 0 Å². The molecule has 7 heteroatoms. The SMILES string of the molecule is Nc1ncnn2c(C3CC(CN4CCC4)C3)nc(-c3cccc(OCc4ccccc4)c3)c12. The number of anilines is 1. The van der Waals surface area contributed by atoms with Crippen LogP contribution in [0.5, 0.6) is 5.75 Å². The Hall–Kier alpha value is -3.45. The first-order valence-corrected chi connectivity index (χ1v) is 11.7. The lowest BCUT2D eigenvalue weighted by molar-refractivity contribution is 0.107. The quantitative estimate of drug-likeness (QED) is 0.465. The second kappa shape index (κ2) is 8.48. The van der Waals surface area contributed by atoms with E-state index in [2.05, 4.69) is 27.1 Å². The van der Waals surface area contributed by atoms with E-state index >= 15 is 0 Å². The van der Waals surface area contributed by atoms with Crippen molar-refractivity contribution in [2.45, 2.75) is 31.8 Å². The van der Waals surface area contributed by atoms with Crippen LogP contribution in [0.4, 0.5) is 5.82 Å². The van der Waals surface area contributed by atoms with Gasteiger partial charge in [-0.2, -0.15) is 5.10 Å². The highest BCUT2D eigenvalue weighted by molar-refractivity contribution is 5.85. The molecule has 2 aromatic heterocycles. The number of benzene rings is 2. The van der Waals surface area contributed by atoms with E-state index in [1.165, 1.54) is 32.4 Å². The second-order valence-corrected chi connectivity index (χ2v) is 9.21. The molecule has 168 valence electrons. The van der Waals surface area contributed by atoms with Gasteiger partial charge in [0, 0.05) is 18.0 Å². The van der Waals surface area contributed by atoms with E-state index in [0.717, 1.165) is 52.7 Å². The van der Waals surface area contributed by atoms with Gasteiger partial charge < -0.3 is 15.4 Å². The number of fused-ring (bicyclic) bond motifs is 1. The molecular weight excluding hydrogens is 412 g/mol. The number of ether oxygens (including phenoxy) is 1. The lowest BCUT2D eigenvalue weighted by Gasteiger charge is -2.41. The molecule has 0 bridgehead atoms. The largest absolute Gasteiger partial charge is 0.489 e. The molecule has 3 heterocycles. The Balaban J connectivity index is 1.27. The van der Waals surface area contributed by atoms with Crippen molar-refractivity contribution < 1.29 is 4.74 Å². The maximum atomic E-state index is 6.31. The summed E-state index contributed by atoms with van der Waals surface area (Å²) in [6, 6.07) is 18.2. The molecule has 0 amide bonds. The van der Waals surface area contributed by atoms with Crippen molar-refractivity contribution in [2.24, 2.45) is 5.92 Å². The van der Waals surface area contributed by atoms with E-state index in [9.17, 15) is 0 Å². The summed E-state index contributed by atoms with van der Waals surface area (Å²) in [6.45, 7) is 4.24. The first-order valence-electron chi connectivity index (χ1n) is 11.7. The number of nitrogens with two attached hydrogens (primary N) is 1. The van der Waals surface area contributed by atoms with Crippen LogP contribution in [-0.4, -0.2) is 44.1 Å². The Morgan fingerprint density at radius 1 is 1.03 bits per heavy atom. The van der Waals surface area contributed by atoms with Crippen LogP contribution in [0.2, 0.25) is 0 Å². The van der Waals surface area contributed by atoms with Crippen molar-refractivity contribution in [2.75, 3.05) is 25.4 Å². The number of nitrogen functional groups attached to an aromatic ring is 1. The van der Waals surface area contributed by atoms with Crippen LogP contribution >= 0.6 is 0 Å². The standard InChI is InChI=1S/C26H28N6O/c27-25-24-23(20-8-4-9-22(14-20)33-16-18-6-2-1-3-7-18)30-26(32(24)29-17-28-25)21-12-19(13-21)15-31-10-5-11-31/h1-4,6-9,14,17,19,21H,5,10-13,15-16H2,(H2,27,28,29). The first-order chi connectivity index (χ1) is 16.2. The van der Waals surface area contributed by atoms with E-state index < -0.39 is 0 Å². The molecule has 2 N–H and O–H groups in total. The normalized spacial score (nSPS) is 20.4. The lowest BCUT2D eigenvalue weighted by Crippen LogP contribution is -2.43. The molecule has 0 spiro atoms. The molecule has 0 atom stereocenters. The van der Waals surface area contributed by atoms with Gasteiger partial charge in [0.05, 0.1) is 0 Å². The van der Waals surface area contributed by atoms with Gasteiger partial charge in [0.2, 0.25) is 0 Å². The zero-order chi connectivity index (χ0) is 22.2. The van der Waals surface area contributed by atoms with Crippen molar-refractivity contribution in [1.82, 2.24) is 24.5 Å². The Morgan fingerprint density at radius 2 is 1.88 bits per heavy atom. The van der Waals surface area contributed by atoms with Crippen LogP contribution < -0.4 is 10.5 Å². The van der Waals surface area contributed by atoms with E-state index in [0.29, 0.717) is 18.3 Å². The summed E-state index contributed by atoms with van der Waals surface area (Å²) in [6.07, 6.45) is 5.17. The average molecular weight is 441 g/mol. The summed E-state index contributed by atoms with van der Waals surface area (Å²) in [5.74, 6) is 3.40. The molecule has 2 fully saturated rings. The number of likely N-dealkylation sites (tertiary alicyclic amines) is 1. The molecule has 7 nitrogen and oxygen atoms in total. The number of nitrogens with zero attached hydrogens (tertiary/aromatic N) is 5. The van der Waals surface area contributed by atoms with Crippen molar-refractivity contribution in [3.8, 4) is 17.0 Å². The van der Waals surface area contributed by atoms with Gasteiger partial charge in [-0.15, -0.1) is 0 Å². The Labute approximate surface area is 193 Å². The summed E-state index contributed by atoms with van der Waals surface area (Å²) in [7, 11) is 0. The molecule has 1 aliphatic carbocycles. The van der Waals surface area contributed by atoms with Gasteiger partial charge in [0.1, 0.15) is 35.7 Å². The Morgan fingerprint density at radius 3 is 2.67 bits per heavy atom. The van der Waals surface area contributed by atoms with Gasteiger partial charge in [0.15, 0.2) is 5.82 Å². The van der Waals surface area contributed by atoms with E-state index in [4.69, 9.17) is 15.5 Å². The zero-order valence-corrected chi connectivity index (χ0v) is 18.6. The highest BCUT2D eigenvalue weighted by Crippen LogP contribution is 2.43. The van der Waals surface area contributed by atoms with E-state index in [-0.39, 0.29) is 0 Å². The molecule has 2 aliphatic rings. The number of hydrogen-bond donors (Lipinski definition) is 1. The lowest BCUT2D eigenvalue weighted by atomic mass is 9.74. The minimum absolute atomic E-state index is 0.407. The van der Waals surface area contributed by atoms with Crippen LogP contribution in [0.3, 0.4) is 0 Å². The predicted molar refractivity (Wildman–Crippen MR) is 128 cm³/mol. The van der Waals surface area contributed by atoms with Crippen molar-refractivity contribution in [3.05, 3.63) is 72.3 Å². The summed E-state index contributed by atoms with van der Waals surface area (Å²) in [5, 5.41) is 4.52. The van der Waals surface area contributed by atoms with Gasteiger partial charge in [-0.3, -0.25) is 0 Å². The van der Waals surface area contributed by atoms with Crippen LogP contribution in [-0.2, 0) is 6.61 Å². The highest BCUT2D eigenvalue weighted by atomic mass is 16.5. The van der Waals surface area contributed by atoms with Crippen molar-refractivity contribution in [3.63, 3.8) is 0 Å². The zero-order valence-electron chi connectivity index (χ0n) is 18.6. The molecule has 6 rings (SSSR count). The molecule has 4 aromatic rings. The van der Waals surface area contributed by atoms with E-state index in [1.807, 2.05) is 47.0 Å². The van der Waals surface area contributed by atoms with E-state index in [1.54, 1.807) is 0 Å². The summed E-state index contributed by atoms with van der Waals surface area (Å²) in [4.78, 5) is 11.9. The number of hydrogen-bond acceptors (Lipinski definition) is 6. The molecule has 0 radical (unpaired) electrons. The molecular formula is C26H28N6O. The number of rotatable bonds is 7. The topological polar surface area (TPSA) is 81.6 Å². The van der Waals surface area contributed by atoms with Crippen LogP contribution in [0.1, 0.15) is 36.6 Å². The predicted octanol–water partition coefficient (Wildman–Crippen LogP) is 4.15. The molecule has 33 heavy (non-hydrogen) atoms. The third-order valence-corrected chi connectivity index (χ3v) is 6.91. The highest BCUT2D eigenvalue weighted by Gasteiger charge is 2.36. The third kappa shape index (κ3) is 3.93. The van der Waals surface area contributed by atoms with Gasteiger partial charge in [0.25, 0.3) is 0 Å². The molecule has 2 aromatic carbocycles. The Kier molecular flexibility index (Phi) is 5.19. The molecule has 1 saturated carbocycles. The Bertz CT molecular complexity index is 1260. The van der Waals surface area contributed by atoms with Crippen LogP contribution in [0.25, 0.3) is 16.8 Å². The summed E-state index contributed by atoms with van der Waals surface area (Å²) < 4.78 is 7.95. The smallest absolute Gasteiger partial charge is 0.153 e. The van der Waals surface area contributed by atoms with Crippen LogP contribution in [0, 0.1) is 5.92 Å². The minimum atomic E-state index is 0.407. The minimum Gasteiger partial charge on any atom is -0.489 e. The van der Waals surface area contributed by atoms with Crippen molar-refractivity contribution in [1.29, 1.82) is 0 Å². The third-order valence-electron chi connectivity index (χ3n) is 6.91. The van der Waals surface area contributed by atoms with Crippen molar-refractivity contribution >= 4 is 11.3 Å². The molecule has 1 aliphatic heterocycles.